The zero-order valence-electron chi connectivity index (χ0n) is 27.1. The Hall–Kier alpha value is -2.98. The minimum absolute atomic E-state index is 0.0751. The third kappa shape index (κ3) is 5.45. The average Bonchev–Trinajstić information content (AvgIpc) is 3.50. The van der Waals surface area contributed by atoms with Gasteiger partial charge < -0.3 is 28.8 Å². The van der Waals surface area contributed by atoms with Gasteiger partial charge in [0, 0.05) is 30.6 Å². The van der Waals surface area contributed by atoms with E-state index in [9.17, 15) is 29.4 Å². The zero-order valence-corrected chi connectivity index (χ0v) is 27.1. The molecule has 2 fully saturated rings. The maximum atomic E-state index is 13.3. The highest BCUT2D eigenvalue weighted by atomic mass is 16.6. The van der Waals surface area contributed by atoms with Gasteiger partial charge in [-0.15, -0.1) is 0 Å². The molecule has 10 heteroatoms. The van der Waals surface area contributed by atoms with Crippen molar-refractivity contribution < 1.29 is 48.0 Å². The lowest BCUT2D eigenvalue weighted by Crippen LogP contribution is -2.70. The van der Waals surface area contributed by atoms with E-state index >= 15 is 0 Å². The summed E-state index contributed by atoms with van der Waals surface area (Å²) in [5, 5.41) is 24.4. The summed E-state index contributed by atoms with van der Waals surface area (Å²) in [6.45, 7) is 19.1. The van der Waals surface area contributed by atoms with E-state index in [1.165, 1.54) is 33.5 Å². The second kappa shape index (κ2) is 11.8. The summed E-state index contributed by atoms with van der Waals surface area (Å²) in [5.74, 6) is -4.84. The maximum Gasteiger partial charge on any atom is 0.308 e. The van der Waals surface area contributed by atoms with Gasteiger partial charge in [-0.05, 0) is 41.9 Å². The van der Waals surface area contributed by atoms with Crippen LogP contribution in [0.1, 0.15) is 86.6 Å². The molecule has 10 nitrogen and oxygen atoms in total. The van der Waals surface area contributed by atoms with Crippen molar-refractivity contribution in [2.45, 2.75) is 105 Å². The number of hydrogen-bond acceptors (Lipinski definition) is 10. The highest BCUT2D eigenvalue weighted by Gasteiger charge is 2.75. The van der Waals surface area contributed by atoms with E-state index in [0.717, 1.165) is 0 Å². The summed E-state index contributed by atoms with van der Waals surface area (Å²) in [5.41, 5.74) is -4.84. The number of carbonyl (C=O) groups excluding carboxylic acids is 4. The normalized spacial score (nSPS) is 31.7. The van der Waals surface area contributed by atoms with Crippen LogP contribution in [0.5, 0.6) is 0 Å². The van der Waals surface area contributed by atoms with Crippen molar-refractivity contribution in [2.24, 2.45) is 34.0 Å². The van der Waals surface area contributed by atoms with Gasteiger partial charge in [-0.3, -0.25) is 19.2 Å². The molecule has 2 saturated carbocycles. The minimum atomic E-state index is -2.04. The number of methoxy groups -OCH3 is 1. The van der Waals surface area contributed by atoms with E-state index in [1.807, 2.05) is 0 Å². The second-order valence-electron chi connectivity index (χ2n) is 13.9. The molecular formula is C33H48O10. The SMILES string of the molecule is C=C1C(C(C)(C)[C@@H](CC(=O)OC)C(C)(C)C(C)=O)[C@@H](OC(C)=O)[C@H](OC(=O)C(C)C)[C@@]2(C)[C@H](c3ccoc3)C[C@@H](O)[C@]12O. The smallest absolute Gasteiger partial charge is 0.308 e. The monoisotopic (exact) mass is 604 g/mol. The molecule has 0 aromatic carbocycles. The van der Waals surface area contributed by atoms with Crippen molar-refractivity contribution in [1.82, 2.24) is 0 Å². The number of aliphatic hydroxyl groups excluding tert-OH is 1. The first-order chi connectivity index (χ1) is 19.7. The van der Waals surface area contributed by atoms with Gasteiger partial charge in [-0.25, -0.2) is 0 Å². The first-order valence-corrected chi connectivity index (χ1v) is 14.8. The summed E-state index contributed by atoms with van der Waals surface area (Å²) in [6, 6.07) is 1.72. The van der Waals surface area contributed by atoms with Crippen LogP contribution in [0.3, 0.4) is 0 Å². The van der Waals surface area contributed by atoms with E-state index in [4.69, 9.17) is 18.6 Å². The highest BCUT2D eigenvalue weighted by Crippen LogP contribution is 2.68. The fraction of sp³-hybridized carbons (Fsp3) is 0.697. The number of fused-ring (bicyclic) bond motifs is 1. The molecule has 0 saturated heterocycles. The van der Waals surface area contributed by atoms with Crippen LogP contribution in [0.4, 0.5) is 0 Å². The Morgan fingerprint density at radius 1 is 1.14 bits per heavy atom. The second-order valence-corrected chi connectivity index (χ2v) is 13.9. The molecule has 1 unspecified atom stereocenters. The lowest BCUT2D eigenvalue weighted by molar-refractivity contribution is -0.238. The summed E-state index contributed by atoms with van der Waals surface area (Å²) in [6.07, 6.45) is -0.909. The van der Waals surface area contributed by atoms with Crippen LogP contribution in [0.2, 0.25) is 0 Å². The van der Waals surface area contributed by atoms with Gasteiger partial charge in [-0.2, -0.15) is 0 Å². The Balaban J connectivity index is 2.38. The Labute approximate surface area is 254 Å². The van der Waals surface area contributed by atoms with Gasteiger partial charge in [0.2, 0.25) is 0 Å². The van der Waals surface area contributed by atoms with E-state index in [1.54, 1.807) is 54.5 Å². The number of rotatable bonds is 10. The van der Waals surface area contributed by atoms with Crippen LogP contribution in [0, 0.1) is 34.0 Å². The van der Waals surface area contributed by atoms with Gasteiger partial charge in [-0.1, -0.05) is 55.0 Å². The maximum absolute atomic E-state index is 13.3. The van der Waals surface area contributed by atoms with E-state index in [2.05, 4.69) is 6.58 Å². The third-order valence-electron chi connectivity index (χ3n) is 10.6. The van der Waals surface area contributed by atoms with Gasteiger partial charge in [0.25, 0.3) is 0 Å². The fourth-order valence-electron chi connectivity index (χ4n) is 7.95. The topological polar surface area (TPSA) is 150 Å². The molecule has 1 aromatic heterocycles. The summed E-state index contributed by atoms with van der Waals surface area (Å²) in [4.78, 5) is 51.9. The zero-order chi connectivity index (χ0) is 32.9. The predicted molar refractivity (Wildman–Crippen MR) is 156 cm³/mol. The Kier molecular flexibility index (Phi) is 9.50. The average molecular weight is 605 g/mol. The molecule has 2 N–H and O–H groups in total. The first kappa shape index (κ1) is 34.5. The van der Waals surface area contributed by atoms with Crippen LogP contribution in [0.15, 0.2) is 35.2 Å². The number of Topliss-reactive ketones (excluding diaryl/α,β-unsaturated/α-hetero) is 1. The molecule has 0 spiro atoms. The van der Waals surface area contributed by atoms with E-state index in [-0.39, 0.29) is 24.2 Å². The van der Waals surface area contributed by atoms with Gasteiger partial charge in [0.15, 0.2) is 0 Å². The molecule has 43 heavy (non-hydrogen) atoms. The number of furan rings is 1. The van der Waals surface area contributed by atoms with Gasteiger partial charge >= 0.3 is 17.9 Å². The molecule has 2 aliphatic carbocycles. The summed E-state index contributed by atoms with van der Waals surface area (Å²) >= 11 is 0. The van der Waals surface area contributed by atoms with Crippen molar-refractivity contribution in [3.8, 4) is 0 Å². The molecule has 8 atom stereocenters. The van der Waals surface area contributed by atoms with Crippen LogP contribution in [-0.2, 0) is 33.4 Å². The molecule has 240 valence electrons. The largest absolute Gasteiger partial charge is 0.472 e. The minimum Gasteiger partial charge on any atom is -0.472 e. The van der Waals surface area contributed by atoms with Crippen molar-refractivity contribution >= 4 is 23.7 Å². The van der Waals surface area contributed by atoms with Crippen LogP contribution in [-0.4, -0.2) is 64.9 Å². The number of ketones is 1. The molecule has 0 bridgehead atoms. The predicted octanol–water partition coefficient (Wildman–Crippen LogP) is 4.37. The summed E-state index contributed by atoms with van der Waals surface area (Å²) < 4.78 is 22.6. The molecule has 1 aromatic rings. The Morgan fingerprint density at radius 3 is 2.21 bits per heavy atom. The number of hydrogen-bond donors (Lipinski definition) is 2. The number of aliphatic hydroxyl groups is 2. The van der Waals surface area contributed by atoms with Crippen LogP contribution in [0.25, 0.3) is 0 Å². The van der Waals surface area contributed by atoms with Crippen molar-refractivity contribution in [2.75, 3.05) is 7.11 Å². The highest BCUT2D eigenvalue weighted by molar-refractivity contribution is 5.83. The standard InChI is InChI=1S/C33H48O10/c1-17(2)29(38)43-28-27(42-20(5)35)26(31(8,9)23(15-25(37)40-11)30(6,7)19(4)34)18(3)33(39)24(36)14-22(32(28,33)10)21-12-13-41-16-21/h12-13,16-17,22-24,26-28,36,39H,3,14-15H2,1-2,4-11H3/t22-,23-,24+,26?,27+,28-,32+,33+/m0/s1. The van der Waals surface area contributed by atoms with Gasteiger partial charge in [0.1, 0.15) is 23.6 Å². The molecule has 3 rings (SSSR count). The van der Waals surface area contributed by atoms with Crippen LogP contribution < -0.4 is 0 Å². The molecule has 0 amide bonds. The number of esters is 3. The molecule has 0 aliphatic heterocycles. The Bertz CT molecular complexity index is 1240. The van der Waals surface area contributed by atoms with Crippen molar-refractivity contribution in [3.63, 3.8) is 0 Å². The molecule has 0 radical (unpaired) electrons. The lowest BCUT2D eigenvalue weighted by atomic mass is 9.47. The van der Waals surface area contributed by atoms with Crippen LogP contribution >= 0.6 is 0 Å². The lowest BCUT2D eigenvalue weighted by Gasteiger charge is -2.61. The van der Waals surface area contributed by atoms with Crippen molar-refractivity contribution in [1.29, 1.82) is 0 Å². The number of ether oxygens (including phenoxy) is 3. The Morgan fingerprint density at radius 2 is 1.74 bits per heavy atom. The quantitative estimate of drug-likeness (QED) is 0.224. The molecule has 1 heterocycles. The summed E-state index contributed by atoms with van der Waals surface area (Å²) in [7, 11) is 1.26. The van der Waals surface area contributed by atoms with E-state index < -0.39 is 81.7 Å². The molecule has 2 aliphatic rings. The fourth-order valence-corrected chi connectivity index (χ4v) is 7.95. The number of carbonyl (C=O) groups is 4. The first-order valence-electron chi connectivity index (χ1n) is 14.8. The third-order valence-corrected chi connectivity index (χ3v) is 10.6. The molecular weight excluding hydrogens is 556 g/mol. The van der Waals surface area contributed by atoms with Gasteiger partial charge in [0.05, 0.1) is 37.1 Å². The van der Waals surface area contributed by atoms with Crippen molar-refractivity contribution in [3.05, 3.63) is 36.3 Å². The van der Waals surface area contributed by atoms with E-state index in [0.29, 0.717) is 5.56 Å².